The molecular formula is C18H21N5O. The van der Waals surface area contributed by atoms with Crippen LogP contribution in [0.5, 0.6) is 0 Å². The van der Waals surface area contributed by atoms with Crippen molar-refractivity contribution in [1.82, 2.24) is 15.1 Å². The van der Waals surface area contributed by atoms with E-state index in [-0.39, 0.29) is 11.5 Å². The van der Waals surface area contributed by atoms with Crippen molar-refractivity contribution in [3.63, 3.8) is 0 Å². The third-order valence-electron chi connectivity index (χ3n) is 3.89. The highest BCUT2D eigenvalue weighted by Crippen LogP contribution is 2.10. The Hall–Kier alpha value is -2.83. The smallest absolute Gasteiger partial charge is 0.266 e. The van der Waals surface area contributed by atoms with E-state index in [2.05, 4.69) is 22.3 Å². The first-order valence-corrected chi connectivity index (χ1v) is 8.00. The highest BCUT2D eigenvalue weighted by atomic mass is 16.2. The Morgan fingerprint density at radius 3 is 2.50 bits per heavy atom. The molecule has 1 aliphatic rings. The van der Waals surface area contributed by atoms with Crippen LogP contribution in [0.2, 0.25) is 0 Å². The van der Waals surface area contributed by atoms with E-state index in [0.29, 0.717) is 26.1 Å². The Bertz CT molecular complexity index is 648. The van der Waals surface area contributed by atoms with Gasteiger partial charge in [0, 0.05) is 45.5 Å². The van der Waals surface area contributed by atoms with E-state index < -0.39 is 0 Å². The number of benzene rings is 1. The summed E-state index contributed by atoms with van der Waals surface area (Å²) in [6.45, 7) is 4.12. The molecule has 6 nitrogen and oxygen atoms in total. The Labute approximate surface area is 142 Å². The fourth-order valence-corrected chi connectivity index (χ4v) is 2.57. The molecule has 0 bridgehead atoms. The molecule has 1 aliphatic heterocycles. The summed E-state index contributed by atoms with van der Waals surface area (Å²) in [7, 11) is 0. The number of piperazine rings is 1. The van der Waals surface area contributed by atoms with Gasteiger partial charge in [-0.05, 0) is 5.56 Å². The number of carbonyl (C=O) groups excluding carboxylic acids is 1. The number of rotatable bonds is 6. The van der Waals surface area contributed by atoms with Crippen LogP contribution in [0.3, 0.4) is 0 Å². The van der Waals surface area contributed by atoms with Gasteiger partial charge in [0.2, 0.25) is 0 Å². The molecule has 1 N–H and O–H groups in total. The highest BCUT2D eigenvalue weighted by Gasteiger charge is 2.23. The lowest BCUT2D eigenvalue weighted by molar-refractivity contribution is -0.128. The topological polar surface area (TPSA) is 83.2 Å². The number of hydrogen-bond donors (Lipinski definition) is 1. The molecule has 0 radical (unpaired) electrons. The molecule has 2 rings (SSSR count). The lowest BCUT2D eigenvalue weighted by atomic mass is 10.2. The van der Waals surface area contributed by atoms with Crippen LogP contribution < -0.4 is 5.32 Å². The maximum Gasteiger partial charge on any atom is 0.266 e. The van der Waals surface area contributed by atoms with Gasteiger partial charge in [-0.2, -0.15) is 10.5 Å². The molecule has 0 saturated carbocycles. The molecule has 1 aromatic carbocycles. The minimum atomic E-state index is -0.249. The van der Waals surface area contributed by atoms with Gasteiger partial charge in [0.15, 0.2) is 0 Å². The Morgan fingerprint density at radius 2 is 1.88 bits per heavy atom. The van der Waals surface area contributed by atoms with Crippen molar-refractivity contribution in [1.29, 1.82) is 10.5 Å². The SMILES string of the molecule is N#CCCN/C=C(/C#N)C(=O)N1CCN(Cc2ccccc2)CC1. The minimum absolute atomic E-state index is 0.0875. The second-order valence-corrected chi connectivity index (χ2v) is 5.59. The average Bonchev–Trinajstić information content (AvgIpc) is 2.63. The molecule has 1 saturated heterocycles. The van der Waals surface area contributed by atoms with Gasteiger partial charge < -0.3 is 10.2 Å². The predicted molar refractivity (Wildman–Crippen MR) is 90.2 cm³/mol. The zero-order valence-electron chi connectivity index (χ0n) is 13.6. The largest absolute Gasteiger partial charge is 0.389 e. The maximum absolute atomic E-state index is 12.4. The number of nitrogens with one attached hydrogen (secondary N) is 1. The van der Waals surface area contributed by atoms with E-state index in [0.717, 1.165) is 19.6 Å². The normalized spacial score (nSPS) is 15.4. The quantitative estimate of drug-likeness (QED) is 0.484. The molecule has 1 aromatic rings. The van der Waals surface area contributed by atoms with Crippen LogP contribution in [0.15, 0.2) is 42.1 Å². The lowest BCUT2D eigenvalue weighted by Crippen LogP contribution is -2.48. The van der Waals surface area contributed by atoms with Gasteiger partial charge in [-0.25, -0.2) is 0 Å². The standard InChI is InChI=1S/C18H21N5O/c19-7-4-8-21-14-17(13-20)18(24)23-11-9-22(10-12-23)15-16-5-2-1-3-6-16/h1-3,5-6,14,21H,4,8-12,15H2/b17-14-. The number of nitrogens with zero attached hydrogens (tertiary/aromatic N) is 4. The van der Waals surface area contributed by atoms with Crippen LogP contribution in [0.25, 0.3) is 0 Å². The van der Waals surface area contributed by atoms with Crippen molar-refractivity contribution >= 4 is 5.91 Å². The van der Waals surface area contributed by atoms with Crippen molar-refractivity contribution in [3.05, 3.63) is 47.7 Å². The second kappa shape index (κ2) is 9.34. The third-order valence-corrected chi connectivity index (χ3v) is 3.89. The summed E-state index contributed by atoms with van der Waals surface area (Å²) >= 11 is 0. The summed E-state index contributed by atoms with van der Waals surface area (Å²) in [5, 5.41) is 20.5. The van der Waals surface area contributed by atoms with E-state index >= 15 is 0 Å². The lowest BCUT2D eigenvalue weighted by Gasteiger charge is -2.34. The van der Waals surface area contributed by atoms with E-state index in [1.807, 2.05) is 30.3 Å². The molecule has 0 aromatic heterocycles. The van der Waals surface area contributed by atoms with Gasteiger partial charge in [-0.15, -0.1) is 0 Å². The first-order chi connectivity index (χ1) is 11.7. The van der Waals surface area contributed by atoms with E-state index in [4.69, 9.17) is 10.5 Å². The fraction of sp³-hybridized carbons (Fsp3) is 0.389. The zero-order chi connectivity index (χ0) is 17.2. The summed E-state index contributed by atoms with van der Waals surface area (Å²) in [5.41, 5.74) is 1.35. The van der Waals surface area contributed by atoms with Gasteiger partial charge in [0.25, 0.3) is 5.91 Å². The number of amides is 1. The van der Waals surface area contributed by atoms with Crippen LogP contribution in [0.4, 0.5) is 0 Å². The van der Waals surface area contributed by atoms with Crippen molar-refractivity contribution in [2.24, 2.45) is 0 Å². The second-order valence-electron chi connectivity index (χ2n) is 5.59. The Morgan fingerprint density at radius 1 is 1.17 bits per heavy atom. The summed E-state index contributed by atoms with van der Waals surface area (Å²) in [6, 6.07) is 14.2. The van der Waals surface area contributed by atoms with Gasteiger partial charge >= 0.3 is 0 Å². The number of nitriles is 2. The van der Waals surface area contributed by atoms with E-state index in [1.54, 1.807) is 4.90 Å². The monoisotopic (exact) mass is 323 g/mol. The molecule has 0 atom stereocenters. The molecule has 1 amide bonds. The zero-order valence-corrected chi connectivity index (χ0v) is 13.6. The first-order valence-electron chi connectivity index (χ1n) is 8.00. The summed E-state index contributed by atoms with van der Waals surface area (Å²) in [4.78, 5) is 16.4. The van der Waals surface area contributed by atoms with Crippen LogP contribution >= 0.6 is 0 Å². The summed E-state index contributed by atoms with van der Waals surface area (Å²) in [5.74, 6) is -0.249. The highest BCUT2D eigenvalue weighted by molar-refractivity contribution is 5.97. The minimum Gasteiger partial charge on any atom is -0.389 e. The van der Waals surface area contributed by atoms with Crippen LogP contribution in [0.1, 0.15) is 12.0 Å². The van der Waals surface area contributed by atoms with Gasteiger partial charge in [0.05, 0.1) is 12.5 Å². The molecule has 1 heterocycles. The van der Waals surface area contributed by atoms with Crippen molar-refractivity contribution in [2.45, 2.75) is 13.0 Å². The van der Waals surface area contributed by atoms with E-state index in [1.165, 1.54) is 11.8 Å². The fourth-order valence-electron chi connectivity index (χ4n) is 2.57. The van der Waals surface area contributed by atoms with Crippen LogP contribution in [-0.2, 0) is 11.3 Å². The number of carbonyl (C=O) groups is 1. The number of hydrogen-bond acceptors (Lipinski definition) is 5. The summed E-state index contributed by atoms with van der Waals surface area (Å²) < 4.78 is 0. The van der Waals surface area contributed by atoms with Crippen LogP contribution in [-0.4, -0.2) is 48.4 Å². The van der Waals surface area contributed by atoms with Crippen molar-refractivity contribution < 1.29 is 4.79 Å². The maximum atomic E-state index is 12.4. The first kappa shape index (κ1) is 17.5. The molecule has 24 heavy (non-hydrogen) atoms. The van der Waals surface area contributed by atoms with Crippen LogP contribution in [0, 0.1) is 22.7 Å². The molecule has 0 unspecified atom stereocenters. The van der Waals surface area contributed by atoms with Gasteiger partial charge in [-0.3, -0.25) is 9.69 Å². The Balaban J connectivity index is 1.83. The molecule has 0 aliphatic carbocycles. The predicted octanol–water partition coefficient (Wildman–Crippen LogP) is 1.24. The van der Waals surface area contributed by atoms with Gasteiger partial charge in [-0.1, -0.05) is 30.3 Å². The van der Waals surface area contributed by atoms with E-state index in [9.17, 15) is 4.79 Å². The summed E-state index contributed by atoms with van der Waals surface area (Å²) in [6.07, 6.45) is 1.75. The molecule has 1 fully saturated rings. The van der Waals surface area contributed by atoms with Crippen molar-refractivity contribution in [2.75, 3.05) is 32.7 Å². The van der Waals surface area contributed by atoms with Gasteiger partial charge in [0.1, 0.15) is 11.6 Å². The Kier molecular flexibility index (Phi) is 6.82. The van der Waals surface area contributed by atoms with Crippen molar-refractivity contribution in [3.8, 4) is 12.1 Å². The molecule has 124 valence electrons. The molecular weight excluding hydrogens is 302 g/mol. The third kappa shape index (κ3) is 5.12. The molecule has 0 spiro atoms. The molecule has 6 heteroatoms. The average molecular weight is 323 g/mol.